The average molecular weight is 290 g/mol. The zero-order valence-electron chi connectivity index (χ0n) is 12.6. The van der Waals surface area contributed by atoms with Crippen molar-refractivity contribution in [2.45, 2.75) is 19.9 Å². The van der Waals surface area contributed by atoms with E-state index in [-0.39, 0.29) is 11.9 Å². The number of benzene rings is 1. The van der Waals surface area contributed by atoms with E-state index < -0.39 is 0 Å². The van der Waals surface area contributed by atoms with Crippen LogP contribution in [0.4, 0.5) is 0 Å². The quantitative estimate of drug-likeness (QED) is 0.864. The lowest BCUT2D eigenvalue weighted by Gasteiger charge is -2.25. The van der Waals surface area contributed by atoms with E-state index in [0.29, 0.717) is 12.1 Å². The summed E-state index contributed by atoms with van der Waals surface area (Å²) in [5.41, 5.74) is 7.90. The van der Waals surface area contributed by atoms with E-state index in [1.54, 1.807) is 16.7 Å². The lowest BCUT2D eigenvalue weighted by molar-refractivity contribution is 0.0757. The van der Waals surface area contributed by atoms with Gasteiger partial charge in [0, 0.05) is 24.4 Å². The first-order valence-corrected chi connectivity index (χ1v) is 7.96. The van der Waals surface area contributed by atoms with Gasteiger partial charge in [-0.05, 0) is 37.8 Å². The van der Waals surface area contributed by atoms with Crippen molar-refractivity contribution in [1.82, 2.24) is 4.90 Å². The molecule has 0 saturated carbocycles. The van der Waals surface area contributed by atoms with Crippen LogP contribution in [0.2, 0.25) is 0 Å². The molecular formula is C16H22N2OS. The average Bonchev–Trinajstić information content (AvgIpc) is 2.44. The van der Waals surface area contributed by atoms with Gasteiger partial charge in [0.25, 0.3) is 5.91 Å². The van der Waals surface area contributed by atoms with Crippen molar-refractivity contribution in [1.29, 1.82) is 0 Å². The van der Waals surface area contributed by atoms with Crippen molar-refractivity contribution in [3.8, 4) is 11.8 Å². The maximum atomic E-state index is 12.6. The van der Waals surface area contributed by atoms with Gasteiger partial charge in [-0.3, -0.25) is 4.79 Å². The largest absolute Gasteiger partial charge is 0.338 e. The molecule has 0 bridgehead atoms. The van der Waals surface area contributed by atoms with E-state index in [0.717, 1.165) is 16.9 Å². The van der Waals surface area contributed by atoms with E-state index in [2.05, 4.69) is 11.8 Å². The van der Waals surface area contributed by atoms with E-state index in [1.165, 1.54) is 0 Å². The molecular weight excluding hydrogens is 268 g/mol. The van der Waals surface area contributed by atoms with E-state index >= 15 is 0 Å². The number of nitrogens with zero attached hydrogens (tertiary/aromatic N) is 1. The molecule has 1 unspecified atom stereocenters. The number of amides is 1. The number of aryl methyl sites for hydroxylation is 1. The van der Waals surface area contributed by atoms with Crippen LogP contribution in [0.15, 0.2) is 18.2 Å². The number of carbonyl (C=O) groups is 1. The predicted molar refractivity (Wildman–Crippen MR) is 87.0 cm³/mol. The molecule has 0 aliphatic heterocycles. The Hall–Kier alpha value is -1.44. The molecule has 0 saturated heterocycles. The fourth-order valence-corrected chi connectivity index (χ4v) is 2.54. The molecule has 0 radical (unpaired) electrons. The van der Waals surface area contributed by atoms with Crippen LogP contribution >= 0.6 is 11.8 Å². The smallest absolute Gasteiger partial charge is 0.255 e. The molecule has 1 rings (SSSR count). The van der Waals surface area contributed by atoms with Crippen LogP contribution in [-0.2, 0) is 0 Å². The number of rotatable bonds is 4. The normalized spacial score (nSPS) is 11.4. The Morgan fingerprint density at radius 1 is 1.50 bits per heavy atom. The summed E-state index contributed by atoms with van der Waals surface area (Å²) >= 11 is 1.73. The second kappa shape index (κ2) is 7.98. The lowest BCUT2D eigenvalue weighted by Crippen LogP contribution is -2.37. The van der Waals surface area contributed by atoms with Crippen molar-refractivity contribution in [2.24, 2.45) is 5.73 Å². The van der Waals surface area contributed by atoms with Crippen LogP contribution in [0.25, 0.3) is 0 Å². The van der Waals surface area contributed by atoms with Gasteiger partial charge in [-0.1, -0.05) is 17.9 Å². The molecule has 0 aliphatic rings. The summed E-state index contributed by atoms with van der Waals surface area (Å²) in [4.78, 5) is 14.3. The Morgan fingerprint density at radius 3 is 2.80 bits per heavy atom. The Morgan fingerprint density at radius 2 is 2.20 bits per heavy atom. The fraction of sp³-hybridized carbons (Fsp3) is 0.438. The molecule has 20 heavy (non-hydrogen) atoms. The summed E-state index contributed by atoms with van der Waals surface area (Å²) in [7, 11) is 1.84. The summed E-state index contributed by atoms with van der Waals surface area (Å²) in [6, 6.07) is 5.91. The van der Waals surface area contributed by atoms with Gasteiger partial charge in [0.1, 0.15) is 0 Å². The Kier molecular flexibility index (Phi) is 6.63. The highest BCUT2D eigenvalue weighted by molar-refractivity contribution is 7.98. The molecule has 1 atom stereocenters. The van der Waals surface area contributed by atoms with Crippen molar-refractivity contribution in [3.05, 3.63) is 34.9 Å². The van der Waals surface area contributed by atoms with Gasteiger partial charge < -0.3 is 10.6 Å². The monoisotopic (exact) mass is 290 g/mol. The molecule has 0 spiro atoms. The molecule has 1 aromatic rings. The zero-order chi connectivity index (χ0) is 15.1. The molecule has 1 amide bonds. The van der Waals surface area contributed by atoms with Crippen molar-refractivity contribution < 1.29 is 4.79 Å². The van der Waals surface area contributed by atoms with Crippen LogP contribution in [0.3, 0.4) is 0 Å². The van der Waals surface area contributed by atoms with Gasteiger partial charge in [-0.25, -0.2) is 0 Å². The number of thioether (sulfide) groups is 1. The van der Waals surface area contributed by atoms with Gasteiger partial charge in [0.2, 0.25) is 0 Å². The van der Waals surface area contributed by atoms with Gasteiger partial charge >= 0.3 is 0 Å². The minimum atomic E-state index is 0.00729. The van der Waals surface area contributed by atoms with Crippen molar-refractivity contribution in [3.63, 3.8) is 0 Å². The minimum Gasteiger partial charge on any atom is -0.338 e. The summed E-state index contributed by atoms with van der Waals surface area (Å²) in [6.45, 7) is 4.33. The molecule has 2 N–H and O–H groups in total. The summed E-state index contributed by atoms with van der Waals surface area (Å²) in [6.07, 6.45) is 2.04. The first-order chi connectivity index (χ1) is 9.51. The van der Waals surface area contributed by atoms with E-state index in [9.17, 15) is 4.79 Å². The van der Waals surface area contributed by atoms with Crippen LogP contribution in [0, 0.1) is 18.8 Å². The van der Waals surface area contributed by atoms with Gasteiger partial charge in [-0.15, -0.1) is 0 Å². The molecule has 108 valence electrons. The third-order valence-corrected chi connectivity index (χ3v) is 3.94. The molecule has 0 fully saturated rings. The molecule has 3 nitrogen and oxygen atoms in total. The fourth-order valence-electron chi connectivity index (χ4n) is 1.84. The van der Waals surface area contributed by atoms with Crippen molar-refractivity contribution in [2.75, 3.05) is 25.6 Å². The third-order valence-electron chi connectivity index (χ3n) is 3.12. The SMILES string of the molecule is CSCC(C)N(C)C(=O)c1ccc(C)cc1C#CCN. The minimum absolute atomic E-state index is 0.00729. The summed E-state index contributed by atoms with van der Waals surface area (Å²) < 4.78 is 0. The number of hydrogen-bond donors (Lipinski definition) is 1. The highest BCUT2D eigenvalue weighted by Crippen LogP contribution is 2.15. The highest BCUT2D eigenvalue weighted by atomic mass is 32.2. The molecule has 0 aromatic heterocycles. The third kappa shape index (κ3) is 4.29. The lowest BCUT2D eigenvalue weighted by atomic mass is 10.0. The molecule has 4 heteroatoms. The second-order valence-corrected chi connectivity index (χ2v) is 5.69. The van der Waals surface area contributed by atoms with Crippen LogP contribution in [0.5, 0.6) is 0 Å². The Labute approximate surface area is 125 Å². The molecule has 1 aromatic carbocycles. The second-order valence-electron chi connectivity index (χ2n) is 4.78. The first-order valence-electron chi connectivity index (χ1n) is 6.57. The Balaban J connectivity index is 3.09. The maximum absolute atomic E-state index is 12.6. The van der Waals surface area contributed by atoms with Crippen LogP contribution in [0.1, 0.15) is 28.4 Å². The van der Waals surface area contributed by atoms with Gasteiger partial charge in [-0.2, -0.15) is 11.8 Å². The van der Waals surface area contributed by atoms with Gasteiger partial charge in [0.05, 0.1) is 12.1 Å². The van der Waals surface area contributed by atoms with Crippen LogP contribution in [-0.4, -0.2) is 42.4 Å². The highest BCUT2D eigenvalue weighted by Gasteiger charge is 2.19. The zero-order valence-corrected chi connectivity index (χ0v) is 13.4. The number of hydrogen-bond acceptors (Lipinski definition) is 3. The predicted octanol–water partition coefficient (Wildman–Crippen LogP) is 2.13. The van der Waals surface area contributed by atoms with Gasteiger partial charge in [0.15, 0.2) is 0 Å². The summed E-state index contributed by atoms with van der Waals surface area (Å²) in [5.74, 6) is 6.74. The van der Waals surface area contributed by atoms with Crippen molar-refractivity contribution >= 4 is 17.7 Å². The standard InChI is InChI=1S/C16H22N2OS/c1-12-7-8-15(14(10-12)6-5-9-17)16(19)18(3)13(2)11-20-4/h7-8,10,13H,9,11,17H2,1-4H3. The number of carbonyl (C=O) groups excluding carboxylic acids is 1. The Bertz CT molecular complexity index is 531. The number of nitrogens with two attached hydrogens (primary N) is 1. The van der Waals surface area contributed by atoms with E-state index in [4.69, 9.17) is 5.73 Å². The summed E-state index contributed by atoms with van der Waals surface area (Å²) in [5, 5.41) is 0. The first kappa shape index (κ1) is 16.6. The van der Waals surface area contributed by atoms with E-state index in [1.807, 2.05) is 45.4 Å². The van der Waals surface area contributed by atoms with Crippen LogP contribution < -0.4 is 5.73 Å². The maximum Gasteiger partial charge on any atom is 0.255 e. The molecule has 0 heterocycles. The molecule has 0 aliphatic carbocycles. The topological polar surface area (TPSA) is 46.3 Å².